The van der Waals surface area contributed by atoms with Gasteiger partial charge in [0.15, 0.2) is 12.5 Å². The number of hydrogen-bond acceptors (Lipinski definition) is 4. The third kappa shape index (κ3) is 2.05. The van der Waals surface area contributed by atoms with Crippen LogP contribution in [0.25, 0.3) is 0 Å². The van der Waals surface area contributed by atoms with Crippen molar-refractivity contribution in [2.24, 2.45) is 0 Å². The standard InChI is InChI=1S/C11H12FNO3/c12-8-2-1-3-9(4-8)13-5-10(6-14)16-11(13)7-15/h1-4,7,10-11,14H,5-6H2/t10-,11?/m1/s1. The molecule has 1 heterocycles. The summed E-state index contributed by atoms with van der Waals surface area (Å²) in [5.41, 5.74) is 0.577. The summed E-state index contributed by atoms with van der Waals surface area (Å²) >= 11 is 0. The fraction of sp³-hybridized carbons (Fsp3) is 0.364. The molecule has 1 aliphatic rings. The summed E-state index contributed by atoms with van der Waals surface area (Å²) in [5.74, 6) is -0.366. The first-order valence-corrected chi connectivity index (χ1v) is 4.98. The summed E-state index contributed by atoms with van der Waals surface area (Å²) in [6.07, 6.45) is -0.516. The van der Waals surface area contributed by atoms with Gasteiger partial charge in [-0.3, -0.25) is 4.79 Å². The largest absolute Gasteiger partial charge is 0.394 e. The molecule has 5 heteroatoms. The lowest BCUT2D eigenvalue weighted by molar-refractivity contribution is -0.117. The Balaban J connectivity index is 2.22. The van der Waals surface area contributed by atoms with Crippen molar-refractivity contribution in [3.63, 3.8) is 0 Å². The number of aldehydes is 1. The van der Waals surface area contributed by atoms with Gasteiger partial charge in [0.1, 0.15) is 11.9 Å². The Bertz CT molecular complexity index is 385. The number of aliphatic hydroxyl groups is 1. The maximum Gasteiger partial charge on any atom is 0.187 e. The minimum Gasteiger partial charge on any atom is -0.394 e. The smallest absolute Gasteiger partial charge is 0.187 e. The average Bonchev–Trinajstić information content (AvgIpc) is 2.72. The van der Waals surface area contributed by atoms with Crippen LogP contribution >= 0.6 is 0 Å². The highest BCUT2D eigenvalue weighted by molar-refractivity contribution is 5.65. The summed E-state index contributed by atoms with van der Waals surface area (Å²) in [6, 6.07) is 5.93. The highest BCUT2D eigenvalue weighted by atomic mass is 19.1. The van der Waals surface area contributed by atoms with Gasteiger partial charge < -0.3 is 14.7 Å². The average molecular weight is 225 g/mol. The Morgan fingerprint density at radius 3 is 3.06 bits per heavy atom. The van der Waals surface area contributed by atoms with E-state index in [9.17, 15) is 9.18 Å². The van der Waals surface area contributed by atoms with Crippen molar-refractivity contribution >= 4 is 12.0 Å². The zero-order valence-electron chi connectivity index (χ0n) is 8.54. The molecule has 0 amide bonds. The van der Waals surface area contributed by atoms with Gasteiger partial charge in [-0.2, -0.15) is 0 Å². The van der Waals surface area contributed by atoms with E-state index >= 15 is 0 Å². The predicted octanol–water partition coefficient (Wildman–Crippen LogP) is 0.548. The molecule has 1 aromatic carbocycles. The van der Waals surface area contributed by atoms with Crippen LogP contribution in [-0.2, 0) is 9.53 Å². The number of halogens is 1. The zero-order valence-corrected chi connectivity index (χ0v) is 8.54. The van der Waals surface area contributed by atoms with Crippen molar-refractivity contribution < 1.29 is 19.0 Å². The molecule has 0 bridgehead atoms. The molecule has 4 nitrogen and oxygen atoms in total. The molecule has 1 unspecified atom stereocenters. The number of benzene rings is 1. The molecule has 0 spiro atoms. The molecular formula is C11H12FNO3. The normalized spacial score (nSPS) is 24.8. The number of anilines is 1. The third-order valence-corrected chi connectivity index (χ3v) is 2.50. The summed E-state index contributed by atoms with van der Waals surface area (Å²) in [7, 11) is 0. The topological polar surface area (TPSA) is 49.8 Å². The van der Waals surface area contributed by atoms with E-state index in [1.54, 1.807) is 17.0 Å². The van der Waals surface area contributed by atoms with E-state index in [1.807, 2.05) is 0 Å². The van der Waals surface area contributed by atoms with E-state index < -0.39 is 12.3 Å². The molecule has 1 aromatic rings. The molecule has 1 N–H and O–H groups in total. The molecule has 1 saturated heterocycles. The molecule has 1 aliphatic heterocycles. The van der Waals surface area contributed by atoms with Crippen LogP contribution in [0.5, 0.6) is 0 Å². The van der Waals surface area contributed by atoms with Crippen molar-refractivity contribution in [3.8, 4) is 0 Å². The Kier molecular flexibility index (Phi) is 3.17. The van der Waals surface area contributed by atoms with E-state index in [2.05, 4.69) is 0 Å². The molecule has 16 heavy (non-hydrogen) atoms. The fourth-order valence-corrected chi connectivity index (χ4v) is 1.75. The Morgan fingerprint density at radius 1 is 1.62 bits per heavy atom. The Hall–Kier alpha value is -1.46. The second kappa shape index (κ2) is 4.59. The van der Waals surface area contributed by atoms with Crippen molar-refractivity contribution in [3.05, 3.63) is 30.1 Å². The number of rotatable bonds is 3. The van der Waals surface area contributed by atoms with Crippen molar-refractivity contribution in [2.75, 3.05) is 18.1 Å². The first kappa shape index (κ1) is 11.0. The second-order valence-corrected chi connectivity index (χ2v) is 3.60. The maximum atomic E-state index is 13.0. The van der Waals surface area contributed by atoms with Gasteiger partial charge in [0.25, 0.3) is 0 Å². The van der Waals surface area contributed by atoms with Gasteiger partial charge in [0.05, 0.1) is 6.61 Å². The third-order valence-electron chi connectivity index (χ3n) is 2.50. The van der Waals surface area contributed by atoms with E-state index in [0.29, 0.717) is 18.5 Å². The number of nitrogens with zero attached hydrogens (tertiary/aromatic N) is 1. The Labute approximate surface area is 92.2 Å². The Morgan fingerprint density at radius 2 is 2.44 bits per heavy atom. The SMILES string of the molecule is O=CC1O[C@@H](CO)CN1c1cccc(F)c1. The zero-order chi connectivity index (χ0) is 11.5. The van der Waals surface area contributed by atoms with Crippen LogP contribution in [0.4, 0.5) is 10.1 Å². The molecule has 0 radical (unpaired) electrons. The lowest BCUT2D eigenvalue weighted by Crippen LogP contribution is -2.31. The lowest BCUT2D eigenvalue weighted by atomic mass is 10.2. The molecule has 1 fully saturated rings. The molecule has 2 rings (SSSR count). The van der Waals surface area contributed by atoms with Crippen LogP contribution in [0.1, 0.15) is 0 Å². The first-order valence-electron chi connectivity index (χ1n) is 4.98. The van der Waals surface area contributed by atoms with Crippen molar-refractivity contribution in [1.82, 2.24) is 0 Å². The maximum absolute atomic E-state index is 13.0. The van der Waals surface area contributed by atoms with Crippen molar-refractivity contribution in [2.45, 2.75) is 12.3 Å². The second-order valence-electron chi connectivity index (χ2n) is 3.60. The number of hydrogen-bond donors (Lipinski definition) is 1. The summed E-state index contributed by atoms with van der Waals surface area (Å²) in [6.45, 7) is 0.222. The molecule has 86 valence electrons. The van der Waals surface area contributed by atoms with Gasteiger partial charge in [-0.25, -0.2) is 4.39 Å². The summed E-state index contributed by atoms with van der Waals surface area (Å²) in [4.78, 5) is 12.4. The molecule has 0 aromatic heterocycles. The predicted molar refractivity (Wildman–Crippen MR) is 55.6 cm³/mol. The van der Waals surface area contributed by atoms with E-state index in [-0.39, 0.29) is 12.4 Å². The van der Waals surface area contributed by atoms with Gasteiger partial charge in [-0.05, 0) is 18.2 Å². The summed E-state index contributed by atoms with van der Waals surface area (Å²) in [5, 5.41) is 8.96. The van der Waals surface area contributed by atoms with Gasteiger partial charge in [-0.1, -0.05) is 6.07 Å². The van der Waals surface area contributed by atoms with Crippen LogP contribution in [0.3, 0.4) is 0 Å². The molecule has 0 saturated carbocycles. The monoisotopic (exact) mass is 225 g/mol. The molecule has 2 atom stereocenters. The van der Waals surface area contributed by atoms with Crippen LogP contribution in [0.15, 0.2) is 24.3 Å². The number of carbonyl (C=O) groups is 1. The van der Waals surface area contributed by atoms with Crippen LogP contribution in [-0.4, -0.2) is 36.9 Å². The minimum absolute atomic E-state index is 0.157. The number of ether oxygens (including phenoxy) is 1. The number of aliphatic hydroxyl groups excluding tert-OH is 1. The fourth-order valence-electron chi connectivity index (χ4n) is 1.75. The van der Waals surface area contributed by atoms with Gasteiger partial charge >= 0.3 is 0 Å². The van der Waals surface area contributed by atoms with E-state index in [1.165, 1.54) is 12.1 Å². The van der Waals surface area contributed by atoms with E-state index in [0.717, 1.165) is 0 Å². The van der Waals surface area contributed by atoms with Crippen LogP contribution in [0, 0.1) is 5.82 Å². The van der Waals surface area contributed by atoms with Crippen molar-refractivity contribution in [1.29, 1.82) is 0 Å². The lowest BCUT2D eigenvalue weighted by Gasteiger charge is -2.20. The van der Waals surface area contributed by atoms with E-state index in [4.69, 9.17) is 9.84 Å². The van der Waals surface area contributed by atoms with Crippen LogP contribution < -0.4 is 4.90 Å². The quantitative estimate of drug-likeness (QED) is 0.763. The van der Waals surface area contributed by atoms with Gasteiger partial charge in [0.2, 0.25) is 0 Å². The minimum atomic E-state index is -0.751. The number of carbonyl (C=O) groups excluding carboxylic acids is 1. The van der Waals surface area contributed by atoms with Gasteiger partial charge in [-0.15, -0.1) is 0 Å². The highest BCUT2D eigenvalue weighted by Gasteiger charge is 2.32. The molecule has 0 aliphatic carbocycles. The summed E-state index contributed by atoms with van der Waals surface area (Å²) < 4.78 is 18.3. The van der Waals surface area contributed by atoms with Gasteiger partial charge in [0, 0.05) is 12.2 Å². The molecular weight excluding hydrogens is 213 g/mol. The first-order chi connectivity index (χ1) is 7.74. The van der Waals surface area contributed by atoms with Crippen LogP contribution in [0.2, 0.25) is 0 Å². The highest BCUT2D eigenvalue weighted by Crippen LogP contribution is 2.24.